The van der Waals surface area contributed by atoms with Crippen LogP contribution in [0.25, 0.3) is 11.0 Å². The third-order valence-electron chi connectivity index (χ3n) is 2.94. The van der Waals surface area contributed by atoms with Crippen LogP contribution in [0.2, 0.25) is 0 Å². The van der Waals surface area contributed by atoms with E-state index in [2.05, 4.69) is 15.9 Å². The molecule has 0 saturated heterocycles. The lowest BCUT2D eigenvalue weighted by molar-refractivity contribution is 0.0868. The smallest absolute Gasteiger partial charge is 0.200 e. The summed E-state index contributed by atoms with van der Waals surface area (Å²) in [6.45, 7) is 2.47. The molecule has 0 amide bonds. The summed E-state index contributed by atoms with van der Waals surface area (Å²) < 4.78 is 11.5. The molecule has 0 bridgehead atoms. The minimum atomic E-state index is -0.0933. The number of carbonyl (C=O) groups excluding carboxylic acids is 1. The summed E-state index contributed by atoms with van der Waals surface area (Å²) in [7, 11) is 1.63. The van der Waals surface area contributed by atoms with Gasteiger partial charge in [0.15, 0.2) is 5.76 Å². The molecule has 0 fully saturated rings. The summed E-state index contributed by atoms with van der Waals surface area (Å²) in [6.07, 6.45) is 0.702. The molecule has 2 rings (SSSR count). The Hall–Kier alpha value is -1.13. The number of methoxy groups -OCH3 is 1. The van der Waals surface area contributed by atoms with Gasteiger partial charge in [0.25, 0.3) is 0 Å². The normalized spacial score (nSPS) is 12.8. The molecule has 1 aromatic carbocycles. The first-order chi connectivity index (χ1) is 8.63. The number of para-hydroxylation sites is 1. The van der Waals surface area contributed by atoms with E-state index in [0.717, 1.165) is 15.4 Å². The molecule has 1 atom stereocenters. The van der Waals surface area contributed by atoms with Crippen molar-refractivity contribution in [2.24, 2.45) is 5.92 Å². The van der Waals surface area contributed by atoms with E-state index in [1.807, 2.05) is 25.1 Å². The number of ether oxygens (including phenoxy) is 1. The Bertz CT molecular complexity index is 559. The number of fused-ring (bicyclic) bond motifs is 1. The molecule has 0 N–H and O–H groups in total. The molecule has 4 heteroatoms. The predicted molar refractivity (Wildman–Crippen MR) is 73.9 cm³/mol. The maximum atomic E-state index is 12.2. The van der Waals surface area contributed by atoms with E-state index in [4.69, 9.17) is 9.15 Å². The molecule has 18 heavy (non-hydrogen) atoms. The average molecular weight is 311 g/mol. The van der Waals surface area contributed by atoms with E-state index in [1.165, 1.54) is 0 Å². The van der Waals surface area contributed by atoms with Crippen molar-refractivity contribution < 1.29 is 13.9 Å². The number of hydrogen-bond acceptors (Lipinski definition) is 3. The minimum Gasteiger partial charge on any atom is -0.452 e. The third kappa shape index (κ3) is 2.65. The van der Waals surface area contributed by atoms with Gasteiger partial charge in [0, 0.05) is 25.0 Å². The van der Waals surface area contributed by atoms with Gasteiger partial charge in [0.05, 0.1) is 4.47 Å². The van der Waals surface area contributed by atoms with E-state index < -0.39 is 0 Å². The number of Topliss-reactive ketones (excluding diaryl/α,β-unsaturated/α-hetero) is 1. The van der Waals surface area contributed by atoms with Crippen LogP contribution in [0, 0.1) is 5.92 Å². The Morgan fingerprint density at radius 3 is 2.94 bits per heavy atom. The topological polar surface area (TPSA) is 39.4 Å². The number of benzene rings is 1. The Kier molecular flexibility index (Phi) is 4.19. The van der Waals surface area contributed by atoms with Crippen LogP contribution < -0.4 is 0 Å². The molecule has 96 valence electrons. The fraction of sp³-hybridized carbons (Fsp3) is 0.357. The fourth-order valence-electron chi connectivity index (χ4n) is 1.82. The minimum absolute atomic E-state index is 0.0233. The lowest BCUT2D eigenvalue weighted by Gasteiger charge is -2.06. The van der Waals surface area contributed by atoms with Gasteiger partial charge in [-0.25, -0.2) is 0 Å². The molecule has 3 nitrogen and oxygen atoms in total. The van der Waals surface area contributed by atoms with Crippen LogP contribution >= 0.6 is 15.9 Å². The van der Waals surface area contributed by atoms with Gasteiger partial charge < -0.3 is 9.15 Å². The van der Waals surface area contributed by atoms with Crippen LogP contribution in [-0.4, -0.2) is 19.5 Å². The van der Waals surface area contributed by atoms with Gasteiger partial charge in [-0.1, -0.05) is 19.1 Å². The number of halogens is 1. The SMILES string of the molecule is COCCC(C)C(=O)c1cc2cccc(Br)c2o1. The molecule has 0 aliphatic carbocycles. The zero-order valence-electron chi connectivity index (χ0n) is 10.4. The van der Waals surface area contributed by atoms with Crippen molar-refractivity contribution in [1.29, 1.82) is 0 Å². The molecule has 0 radical (unpaired) electrons. The van der Waals surface area contributed by atoms with Gasteiger partial charge in [0.1, 0.15) is 5.58 Å². The first-order valence-corrected chi connectivity index (χ1v) is 6.64. The molecule has 2 aromatic rings. The van der Waals surface area contributed by atoms with Crippen molar-refractivity contribution in [2.45, 2.75) is 13.3 Å². The zero-order valence-corrected chi connectivity index (χ0v) is 12.0. The van der Waals surface area contributed by atoms with Crippen molar-refractivity contribution in [3.8, 4) is 0 Å². The Labute approximate surface area is 114 Å². The fourth-order valence-corrected chi connectivity index (χ4v) is 2.28. The first-order valence-electron chi connectivity index (χ1n) is 5.84. The number of carbonyl (C=O) groups is 1. The average Bonchev–Trinajstić information content (AvgIpc) is 2.80. The predicted octanol–water partition coefficient (Wildman–Crippen LogP) is 4.05. The highest BCUT2D eigenvalue weighted by Crippen LogP contribution is 2.28. The summed E-state index contributed by atoms with van der Waals surface area (Å²) in [4.78, 5) is 12.2. The van der Waals surface area contributed by atoms with Crippen LogP contribution in [0.4, 0.5) is 0 Å². The highest BCUT2D eigenvalue weighted by Gasteiger charge is 2.19. The third-order valence-corrected chi connectivity index (χ3v) is 3.57. The standard InChI is InChI=1S/C14H15BrO3/c1-9(6-7-17-2)13(16)12-8-10-4-3-5-11(15)14(10)18-12/h3-5,8-9H,6-7H2,1-2H3. The second-order valence-corrected chi connectivity index (χ2v) is 5.17. The first kappa shape index (κ1) is 13.3. The molecular formula is C14H15BrO3. The van der Waals surface area contributed by atoms with Gasteiger partial charge in [-0.2, -0.15) is 0 Å². The molecule has 1 heterocycles. The quantitative estimate of drug-likeness (QED) is 0.782. The molecular weight excluding hydrogens is 296 g/mol. The van der Waals surface area contributed by atoms with Crippen molar-refractivity contribution in [3.05, 3.63) is 34.5 Å². The van der Waals surface area contributed by atoms with Gasteiger partial charge in [-0.3, -0.25) is 4.79 Å². The molecule has 0 saturated carbocycles. The van der Waals surface area contributed by atoms with Crippen molar-refractivity contribution in [3.63, 3.8) is 0 Å². The summed E-state index contributed by atoms with van der Waals surface area (Å²) >= 11 is 3.41. The molecule has 1 unspecified atom stereocenters. The van der Waals surface area contributed by atoms with Crippen molar-refractivity contribution in [1.82, 2.24) is 0 Å². The van der Waals surface area contributed by atoms with Gasteiger partial charge in [-0.15, -0.1) is 0 Å². The highest BCUT2D eigenvalue weighted by atomic mass is 79.9. The lowest BCUT2D eigenvalue weighted by Crippen LogP contribution is -2.12. The van der Waals surface area contributed by atoms with E-state index in [1.54, 1.807) is 13.2 Å². The van der Waals surface area contributed by atoms with E-state index in [9.17, 15) is 4.79 Å². The molecule has 0 spiro atoms. The van der Waals surface area contributed by atoms with Crippen LogP contribution in [-0.2, 0) is 4.74 Å². The van der Waals surface area contributed by atoms with Crippen LogP contribution in [0.3, 0.4) is 0 Å². The Balaban J connectivity index is 2.25. The van der Waals surface area contributed by atoms with E-state index in [0.29, 0.717) is 18.8 Å². The second-order valence-electron chi connectivity index (χ2n) is 4.32. The number of furan rings is 1. The van der Waals surface area contributed by atoms with Crippen LogP contribution in [0.5, 0.6) is 0 Å². The van der Waals surface area contributed by atoms with Crippen LogP contribution in [0.15, 0.2) is 33.2 Å². The molecule has 0 aliphatic heterocycles. The van der Waals surface area contributed by atoms with Crippen molar-refractivity contribution in [2.75, 3.05) is 13.7 Å². The van der Waals surface area contributed by atoms with Crippen molar-refractivity contribution >= 4 is 32.7 Å². The summed E-state index contributed by atoms with van der Waals surface area (Å²) in [6, 6.07) is 7.55. The molecule has 1 aromatic heterocycles. The monoisotopic (exact) mass is 310 g/mol. The van der Waals surface area contributed by atoms with Gasteiger partial charge >= 0.3 is 0 Å². The van der Waals surface area contributed by atoms with Gasteiger partial charge in [-0.05, 0) is 34.5 Å². The second kappa shape index (κ2) is 5.67. The number of rotatable bonds is 5. The highest BCUT2D eigenvalue weighted by molar-refractivity contribution is 9.10. The maximum Gasteiger partial charge on any atom is 0.200 e. The van der Waals surface area contributed by atoms with E-state index >= 15 is 0 Å². The summed E-state index contributed by atoms with van der Waals surface area (Å²) in [5, 5.41) is 0.937. The number of hydrogen-bond donors (Lipinski definition) is 0. The maximum absolute atomic E-state index is 12.2. The summed E-state index contributed by atoms with van der Waals surface area (Å²) in [5.74, 6) is 0.347. The Morgan fingerprint density at radius 2 is 2.28 bits per heavy atom. The Morgan fingerprint density at radius 1 is 1.50 bits per heavy atom. The molecule has 0 aliphatic rings. The van der Waals surface area contributed by atoms with Crippen LogP contribution in [0.1, 0.15) is 23.9 Å². The number of ketones is 1. The largest absolute Gasteiger partial charge is 0.452 e. The van der Waals surface area contributed by atoms with Gasteiger partial charge in [0.2, 0.25) is 5.78 Å². The lowest BCUT2D eigenvalue weighted by atomic mass is 10.0. The summed E-state index contributed by atoms with van der Waals surface area (Å²) in [5.41, 5.74) is 0.722. The van der Waals surface area contributed by atoms with E-state index in [-0.39, 0.29) is 11.7 Å². The zero-order chi connectivity index (χ0) is 13.1.